The van der Waals surface area contributed by atoms with Gasteiger partial charge in [-0.1, -0.05) is 6.92 Å². The maximum absolute atomic E-state index is 11.9. The Kier molecular flexibility index (Phi) is 5.35. The summed E-state index contributed by atoms with van der Waals surface area (Å²) in [6, 6.07) is -0.704. The fourth-order valence-corrected chi connectivity index (χ4v) is 3.00. The first-order chi connectivity index (χ1) is 7.96. The number of ether oxygens (including phenoxy) is 1. The number of morpholine rings is 1. The molecule has 17 heavy (non-hydrogen) atoms. The number of carbonyl (C=O) groups is 1. The van der Waals surface area contributed by atoms with Crippen molar-refractivity contribution in [2.75, 3.05) is 32.1 Å². The van der Waals surface area contributed by atoms with E-state index in [0.717, 1.165) is 0 Å². The van der Waals surface area contributed by atoms with Gasteiger partial charge in [-0.3, -0.25) is 4.79 Å². The first-order valence-electron chi connectivity index (χ1n) is 5.83. The molecular formula is C10H20N2O4S. The topological polar surface area (TPSA) is 75.7 Å². The zero-order valence-corrected chi connectivity index (χ0v) is 11.1. The Morgan fingerprint density at radius 2 is 2.00 bits per heavy atom. The average Bonchev–Trinajstić information content (AvgIpc) is 2.28. The number of hydrogen-bond donors (Lipinski definition) is 1. The lowest BCUT2D eigenvalue weighted by molar-refractivity contribution is -0.136. The maximum atomic E-state index is 11.9. The second-order valence-corrected chi connectivity index (χ2v) is 5.97. The predicted octanol–water partition coefficient (Wildman–Crippen LogP) is -0.437. The summed E-state index contributed by atoms with van der Waals surface area (Å²) in [5.41, 5.74) is 0. The van der Waals surface area contributed by atoms with E-state index in [1.807, 2.05) is 0 Å². The van der Waals surface area contributed by atoms with Crippen LogP contribution in [0.2, 0.25) is 0 Å². The zero-order valence-electron chi connectivity index (χ0n) is 10.3. The van der Waals surface area contributed by atoms with Gasteiger partial charge in [0.2, 0.25) is 15.9 Å². The van der Waals surface area contributed by atoms with Crippen molar-refractivity contribution in [1.82, 2.24) is 9.62 Å². The summed E-state index contributed by atoms with van der Waals surface area (Å²) in [6.07, 6.45) is 0.536. The monoisotopic (exact) mass is 264 g/mol. The van der Waals surface area contributed by atoms with Gasteiger partial charge < -0.3 is 9.64 Å². The number of carbonyl (C=O) groups excluding carboxylic acids is 1. The fraction of sp³-hybridized carbons (Fsp3) is 0.900. The Balaban J connectivity index is 2.51. The third kappa shape index (κ3) is 4.61. The van der Waals surface area contributed by atoms with Crippen molar-refractivity contribution >= 4 is 15.9 Å². The second-order valence-electron chi connectivity index (χ2n) is 4.10. The lowest BCUT2D eigenvalue weighted by Gasteiger charge is -2.29. The molecule has 0 radical (unpaired) electrons. The molecule has 7 heteroatoms. The molecule has 0 spiro atoms. The van der Waals surface area contributed by atoms with Crippen LogP contribution in [-0.4, -0.2) is 57.3 Å². The van der Waals surface area contributed by atoms with Crippen LogP contribution in [0.15, 0.2) is 0 Å². The van der Waals surface area contributed by atoms with E-state index in [1.54, 1.807) is 18.7 Å². The molecular weight excluding hydrogens is 244 g/mol. The SMILES string of the molecule is CCCS(=O)(=O)NC(C)C(=O)N1CCOCC1. The van der Waals surface area contributed by atoms with Crippen LogP contribution in [-0.2, 0) is 19.6 Å². The number of nitrogens with zero attached hydrogens (tertiary/aromatic N) is 1. The molecule has 1 rings (SSSR count). The molecule has 1 aliphatic rings. The van der Waals surface area contributed by atoms with Gasteiger partial charge >= 0.3 is 0 Å². The van der Waals surface area contributed by atoms with E-state index in [9.17, 15) is 13.2 Å². The summed E-state index contributed by atoms with van der Waals surface area (Å²) < 4.78 is 30.6. The lowest BCUT2D eigenvalue weighted by Crippen LogP contribution is -2.50. The van der Waals surface area contributed by atoms with E-state index >= 15 is 0 Å². The minimum atomic E-state index is -3.34. The molecule has 1 heterocycles. The van der Waals surface area contributed by atoms with E-state index in [4.69, 9.17) is 4.74 Å². The van der Waals surface area contributed by atoms with Crippen molar-refractivity contribution < 1.29 is 17.9 Å². The largest absolute Gasteiger partial charge is 0.378 e. The first-order valence-corrected chi connectivity index (χ1v) is 7.48. The molecule has 1 atom stereocenters. The Hall–Kier alpha value is -0.660. The van der Waals surface area contributed by atoms with Crippen molar-refractivity contribution in [3.8, 4) is 0 Å². The quantitative estimate of drug-likeness (QED) is 0.730. The average molecular weight is 264 g/mol. The number of nitrogens with one attached hydrogen (secondary N) is 1. The molecule has 0 saturated carbocycles. The molecule has 6 nitrogen and oxygen atoms in total. The van der Waals surface area contributed by atoms with E-state index in [2.05, 4.69) is 4.72 Å². The minimum absolute atomic E-state index is 0.0493. The van der Waals surface area contributed by atoms with Crippen LogP contribution in [0.1, 0.15) is 20.3 Å². The van der Waals surface area contributed by atoms with Crippen molar-refractivity contribution in [3.63, 3.8) is 0 Å². The molecule has 1 N–H and O–H groups in total. The number of amides is 1. The summed E-state index contributed by atoms with van der Waals surface area (Å²) in [5, 5.41) is 0. The highest BCUT2D eigenvalue weighted by Crippen LogP contribution is 2.02. The van der Waals surface area contributed by atoms with Gasteiger partial charge in [-0.05, 0) is 13.3 Å². The molecule has 0 aromatic heterocycles. The molecule has 0 aromatic carbocycles. The van der Waals surface area contributed by atoms with Crippen LogP contribution in [0.3, 0.4) is 0 Å². The predicted molar refractivity (Wildman–Crippen MR) is 64.1 cm³/mol. The highest BCUT2D eigenvalue weighted by atomic mass is 32.2. The van der Waals surface area contributed by atoms with Crippen LogP contribution >= 0.6 is 0 Å². The zero-order chi connectivity index (χ0) is 12.9. The number of hydrogen-bond acceptors (Lipinski definition) is 4. The van der Waals surface area contributed by atoms with E-state index < -0.39 is 16.1 Å². The van der Waals surface area contributed by atoms with Gasteiger partial charge in [0, 0.05) is 13.1 Å². The lowest BCUT2D eigenvalue weighted by atomic mass is 10.3. The minimum Gasteiger partial charge on any atom is -0.378 e. The highest BCUT2D eigenvalue weighted by molar-refractivity contribution is 7.89. The number of rotatable bonds is 5. The molecule has 1 saturated heterocycles. The molecule has 0 aliphatic carbocycles. The molecule has 1 fully saturated rings. The normalized spacial score (nSPS) is 19.1. The summed E-state index contributed by atoms with van der Waals surface area (Å²) in [6.45, 7) is 5.44. The molecule has 1 unspecified atom stereocenters. The Morgan fingerprint density at radius 3 is 2.53 bits per heavy atom. The second kappa shape index (κ2) is 6.32. The third-order valence-corrected chi connectivity index (χ3v) is 4.18. The Morgan fingerprint density at radius 1 is 1.41 bits per heavy atom. The van der Waals surface area contributed by atoms with Gasteiger partial charge in [0.1, 0.15) is 0 Å². The smallest absolute Gasteiger partial charge is 0.240 e. The van der Waals surface area contributed by atoms with Crippen molar-refractivity contribution in [1.29, 1.82) is 0 Å². The first kappa shape index (κ1) is 14.4. The van der Waals surface area contributed by atoms with Gasteiger partial charge in [-0.15, -0.1) is 0 Å². The summed E-state index contributed by atoms with van der Waals surface area (Å²) in [4.78, 5) is 13.6. The maximum Gasteiger partial charge on any atom is 0.240 e. The van der Waals surface area contributed by atoms with Gasteiger partial charge in [0.05, 0.1) is 25.0 Å². The summed E-state index contributed by atoms with van der Waals surface area (Å²) in [7, 11) is -3.34. The van der Waals surface area contributed by atoms with Gasteiger partial charge in [-0.2, -0.15) is 0 Å². The van der Waals surface area contributed by atoms with Gasteiger partial charge in [0.25, 0.3) is 0 Å². The molecule has 0 bridgehead atoms. The fourth-order valence-electron chi connectivity index (χ4n) is 1.70. The van der Waals surface area contributed by atoms with Gasteiger partial charge in [-0.25, -0.2) is 13.1 Å². The van der Waals surface area contributed by atoms with E-state index in [-0.39, 0.29) is 11.7 Å². The summed E-state index contributed by atoms with van der Waals surface area (Å²) >= 11 is 0. The summed E-state index contributed by atoms with van der Waals surface area (Å²) in [5.74, 6) is -0.138. The van der Waals surface area contributed by atoms with Crippen molar-refractivity contribution in [3.05, 3.63) is 0 Å². The van der Waals surface area contributed by atoms with Crippen LogP contribution in [0.25, 0.3) is 0 Å². The number of sulfonamides is 1. The van der Waals surface area contributed by atoms with Crippen LogP contribution < -0.4 is 4.72 Å². The van der Waals surface area contributed by atoms with E-state index in [0.29, 0.717) is 32.7 Å². The molecule has 1 amide bonds. The Labute approximate surface area is 102 Å². The Bertz CT molecular complexity index is 349. The molecule has 100 valence electrons. The van der Waals surface area contributed by atoms with Gasteiger partial charge in [0.15, 0.2) is 0 Å². The van der Waals surface area contributed by atoms with Crippen molar-refractivity contribution in [2.24, 2.45) is 0 Å². The van der Waals surface area contributed by atoms with Crippen molar-refractivity contribution in [2.45, 2.75) is 26.3 Å². The standard InChI is InChI=1S/C10H20N2O4S/c1-3-8-17(14,15)11-9(2)10(13)12-4-6-16-7-5-12/h9,11H,3-8H2,1-2H3. The highest BCUT2D eigenvalue weighted by Gasteiger charge is 2.25. The van der Waals surface area contributed by atoms with Crippen LogP contribution in [0, 0.1) is 0 Å². The third-order valence-electron chi connectivity index (χ3n) is 2.52. The van der Waals surface area contributed by atoms with Crippen LogP contribution in [0.5, 0.6) is 0 Å². The van der Waals surface area contributed by atoms with E-state index in [1.165, 1.54) is 0 Å². The molecule has 1 aliphatic heterocycles. The van der Waals surface area contributed by atoms with Crippen LogP contribution in [0.4, 0.5) is 0 Å². The molecule has 0 aromatic rings.